The number of nitrogen functional groups attached to an aromatic ring is 1. The van der Waals surface area contributed by atoms with Gasteiger partial charge in [0.1, 0.15) is 17.5 Å². The van der Waals surface area contributed by atoms with E-state index in [1.54, 1.807) is 10.6 Å². The SMILES string of the molecule is CCCn1c(N)c2c(=O)n(CCC)c(-c3ccccc3)cc2c(C#N)c1=O. The Morgan fingerprint density at radius 2 is 1.63 bits per heavy atom. The van der Waals surface area contributed by atoms with Crippen LogP contribution in [0.3, 0.4) is 0 Å². The summed E-state index contributed by atoms with van der Waals surface area (Å²) in [6.45, 7) is 4.79. The summed E-state index contributed by atoms with van der Waals surface area (Å²) < 4.78 is 3.01. The molecule has 0 saturated heterocycles. The van der Waals surface area contributed by atoms with Crippen molar-refractivity contribution in [3.05, 3.63) is 62.7 Å². The summed E-state index contributed by atoms with van der Waals surface area (Å²) in [6.07, 6.45) is 1.44. The maximum atomic E-state index is 13.3. The van der Waals surface area contributed by atoms with Crippen molar-refractivity contribution in [1.82, 2.24) is 9.13 Å². The lowest BCUT2D eigenvalue weighted by Crippen LogP contribution is -2.30. The zero-order valence-electron chi connectivity index (χ0n) is 15.5. The maximum absolute atomic E-state index is 13.3. The molecule has 0 aliphatic carbocycles. The average Bonchev–Trinajstić information content (AvgIpc) is 2.68. The van der Waals surface area contributed by atoms with Crippen molar-refractivity contribution < 1.29 is 0 Å². The molecule has 2 aromatic heterocycles. The van der Waals surface area contributed by atoms with Crippen LogP contribution in [0.15, 0.2) is 46.0 Å². The molecule has 0 radical (unpaired) electrons. The predicted octanol–water partition coefficient (Wildman–Crippen LogP) is 3.10. The molecule has 138 valence electrons. The van der Waals surface area contributed by atoms with Gasteiger partial charge in [-0.05, 0) is 24.5 Å². The first kappa shape index (κ1) is 18.5. The van der Waals surface area contributed by atoms with Gasteiger partial charge in [0.2, 0.25) is 0 Å². The molecule has 27 heavy (non-hydrogen) atoms. The number of hydrogen-bond acceptors (Lipinski definition) is 4. The molecule has 0 aliphatic heterocycles. The number of nitrogens with zero attached hydrogens (tertiary/aromatic N) is 3. The molecule has 0 unspecified atom stereocenters. The molecule has 1 aromatic carbocycles. The number of anilines is 1. The van der Waals surface area contributed by atoms with Crippen molar-refractivity contribution in [3.8, 4) is 17.3 Å². The molecular formula is C21H22N4O2. The lowest BCUT2D eigenvalue weighted by atomic mass is 10.0. The Bertz CT molecular complexity index is 1150. The second-order valence-electron chi connectivity index (χ2n) is 6.47. The number of pyridine rings is 2. The summed E-state index contributed by atoms with van der Waals surface area (Å²) in [5, 5.41) is 10.2. The molecular weight excluding hydrogens is 340 g/mol. The van der Waals surface area contributed by atoms with E-state index in [0.29, 0.717) is 30.6 Å². The first-order valence-corrected chi connectivity index (χ1v) is 9.10. The van der Waals surface area contributed by atoms with E-state index < -0.39 is 5.56 Å². The zero-order chi connectivity index (χ0) is 19.6. The minimum absolute atomic E-state index is 0.0365. The van der Waals surface area contributed by atoms with Crippen LogP contribution < -0.4 is 16.9 Å². The molecule has 0 atom stereocenters. The van der Waals surface area contributed by atoms with Gasteiger partial charge in [-0.15, -0.1) is 0 Å². The van der Waals surface area contributed by atoms with E-state index in [1.807, 2.05) is 50.2 Å². The Morgan fingerprint density at radius 1 is 1.00 bits per heavy atom. The highest BCUT2D eigenvalue weighted by molar-refractivity contribution is 5.96. The molecule has 2 N–H and O–H groups in total. The van der Waals surface area contributed by atoms with E-state index in [1.165, 1.54) is 4.57 Å². The highest BCUT2D eigenvalue weighted by Gasteiger charge is 2.20. The number of nitriles is 1. The highest BCUT2D eigenvalue weighted by Crippen LogP contribution is 2.26. The molecule has 6 nitrogen and oxygen atoms in total. The van der Waals surface area contributed by atoms with Crippen molar-refractivity contribution in [2.24, 2.45) is 0 Å². The summed E-state index contributed by atoms with van der Waals surface area (Å²) in [7, 11) is 0. The molecule has 0 spiro atoms. The molecule has 0 saturated carbocycles. The monoisotopic (exact) mass is 362 g/mol. The summed E-state index contributed by atoms with van der Waals surface area (Å²) in [5.74, 6) is 0.130. The van der Waals surface area contributed by atoms with Crippen LogP contribution >= 0.6 is 0 Å². The number of rotatable bonds is 5. The zero-order valence-corrected chi connectivity index (χ0v) is 15.5. The number of benzene rings is 1. The van der Waals surface area contributed by atoms with Gasteiger partial charge in [-0.1, -0.05) is 44.2 Å². The van der Waals surface area contributed by atoms with Gasteiger partial charge >= 0.3 is 0 Å². The van der Waals surface area contributed by atoms with Gasteiger partial charge in [-0.3, -0.25) is 14.2 Å². The molecule has 2 heterocycles. The van der Waals surface area contributed by atoms with E-state index in [0.717, 1.165) is 12.0 Å². The van der Waals surface area contributed by atoms with Gasteiger partial charge in [0.05, 0.1) is 11.1 Å². The van der Waals surface area contributed by atoms with Crippen molar-refractivity contribution >= 4 is 16.6 Å². The minimum Gasteiger partial charge on any atom is -0.384 e. The summed E-state index contributed by atoms with van der Waals surface area (Å²) in [6, 6.07) is 13.2. The van der Waals surface area contributed by atoms with Gasteiger partial charge in [0.25, 0.3) is 11.1 Å². The van der Waals surface area contributed by atoms with Crippen LogP contribution in [0.1, 0.15) is 32.3 Å². The molecule has 0 bridgehead atoms. The van der Waals surface area contributed by atoms with Gasteiger partial charge in [-0.25, -0.2) is 0 Å². The largest absolute Gasteiger partial charge is 0.384 e. The number of nitrogens with two attached hydrogens (primary N) is 1. The van der Waals surface area contributed by atoms with Crippen molar-refractivity contribution in [2.45, 2.75) is 39.8 Å². The Labute approximate surface area is 157 Å². The third-order valence-electron chi connectivity index (χ3n) is 4.65. The van der Waals surface area contributed by atoms with Crippen LogP contribution in [0.25, 0.3) is 22.0 Å². The van der Waals surface area contributed by atoms with E-state index >= 15 is 0 Å². The van der Waals surface area contributed by atoms with E-state index in [-0.39, 0.29) is 22.3 Å². The predicted molar refractivity (Wildman–Crippen MR) is 108 cm³/mol. The van der Waals surface area contributed by atoms with Crippen LogP contribution in [0.2, 0.25) is 0 Å². The van der Waals surface area contributed by atoms with Crippen LogP contribution in [0.5, 0.6) is 0 Å². The van der Waals surface area contributed by atoms with Gasteiger partial charge in [0, 0.05) is 18.5 Å². The van der Waals surface area contributed by atoms with E-state index in [9.17, 15) is 14.9 Å². The summed E-state index contributed by atoms with van der Waals surface area (Å²) in [4.78, 5) is 26.1. The van der Waals surface area contributed by atoms with Crippen LogP contribution in [-0.4, -0.2) is 9.13 Å². The molecule has 0 amide bonds. The topological polar surface area (TPSA) is 93.8 Å². The first-order chi connectivity index (χ1) is 13.0. The standard InChI is InChI=1S/C21H22N4O2/c1-3-10-24-17(14-8-6-5-7-9-14)12-15-16(13-22)20(26)25(11-4-2)19(23)18(15)21(24)27/h5-9,12H,3-4,10-11,23H2,1-2H3. The molecule has 6 heteroatoms. The van der Waals surface area contributed by atoms with Crippen molar-refractivity contribution in [3.63, 3.8) is 0 Å². The van der Waals surface area contributed by atoms with Gasteiger partial charge < -0.3 is 10.3 Å². The lowest BCUT2D eigenvalue weighted by Gasteiger charge is -2.17. The minimum atomic E-state index is -0.448. The second kappa shape index (κ2) is 7.50. The van der Waals surface area contributed by atoms with Crippen LogP contribution in [0.4, 0.5) is 5.82 Å². The number of aromatic nitrogens is 2. The Hall–Kier alpha value is -3.33. The molecule has 0 fully saturated rings. The van der Waals surface area contributed by atoms with Crippen molar-refractivity contribution in [1.29, 1.82) is 5.26 Å². The highest BCUT2D eigenvalue weighted by atomic mass is 16.1. The first-order valence-electron chi connectivity index (χ1n) is 9.10. The fraction of sp³-hybridized carbons (Fsp3) is 0.286. The van der Waals surface area contributed by atoms with Crippen LogP contribution in [-0.2, 0) is 13.1 Å². The average molecular weight is 362 g/mol. The Kier molecular flexibility index (Phi) is 5.13. The van der Waals surface area contributed by atoms with E-state index in [2.05, 4.69) is 0 Å². The number of hydrogen-bond donors (Lipinski definition) is 1. The second-order valence-corrected chi connectivity index (χ2v) is 6.47. The molecule has 3 aromatic rings. The van der Waals surface area contributed by atoms with Gasteiger partial charge in [0.15, 0.2) is 0 Å². The molecule has 3 rings (SSSR count). The normalized spacial score (nSPS) is 10.9. The quantitative estimate of drug-likeness (QED) is 0.754. The van der Waals surface area contributed by atoms with Gasteiger partial charge in [-0.2, -0.15) is 5.26 Å². The molecule has 0 aliphatic rings. The summed E-state index contributed by atoms with van der Waals surface area (Å²) >= 11 is 0. The third-order valence-corrected chi connectivity index (χ3v) is 4.65. The fourth-order valence-corrected chi connectivity index (χ4v) is 3.43. The fourth-order valence-electron chi connectivity index (χ4n) is 3.43. The number of fused-ring (bicyclic) bond motifs is 1. The Balaban J connectivity index is 2.53. The lowest BCUT2D eigenvalue weighted by molar-refractivity contribution is 0.656. The van der Waals surface area contributed by atoms with Crippen LogP contribution in [0, 0.1) is 11.3 Å². The smallest absolute Gasteiger partial charge is 0.270 e. The Morgan fingerprint density at radius 3 is 2.22 bits per heavy atom. The van der Waals surface area contributed by atoms with E-state index in [4.69, 9.17) is 5.73 Å². The third kappa shape index (κ3) is 3.02. The maximum Gasteiger partial charge on any atom is 0.270 e. The van der Waals surface area contributed by atoms with Crippen molar-refractivity contribution in [2.75, 3.05) is 5.73 Å². The summed E-state index contributed by atoms with van der Waals surface area (Å²) in [5.41, 5.74) is 7.00.